The molecule has 0 spiro atoms. The Bertz CT molecular complexity index is 368. The van der Waals surface area contributed by atoms with Crippen LogP contribution in [0.15, 0.2) is 11.6 Å². The molecule has 0 bridgehead atoms. The van der Waals surface area contributed by atoms with Crippen molar-refractivity contribution in [2.24, 2.45) is 0 Å². The lowest BCUT2D eigenvalue weighted by Crippen LogP contribution is -2.63. The van der Waals surface area contributed by atoms with Gasteiger partial charge < -0.3 is 13.2 Å². The fourth-order valence-corrected chi connectivity index (χ4v) is 12.9. The van der Waals surface area contributed by atoms with Gasteiger partial charge in [0.1, 0.15) is 0 Å². The van der Waals surface area contributed by atoms with Crippen LogP contribution in [-0.2, 0) is 13.0 Å². The molecule has 1 amide bonds. The van der Waals surface area contributed by atoms with Gasteiger partial charge in [-0.1, -0.05) is 19.4 Å². The van der Waals surface area contributed by atoms with Gasteiger partial charge in [-0.25, -0.2) is 0 Å². The van der Waals surface area contributed by atoms with E-state index in [0.29, 0.717) is 0 Å². The number of hydrogen-bond donors (Lipinski definition) is 1. The van der Waals surface area contributed by atoms with E-state index in [1.807, 2.05) is 19.5 Å². The predicted molar refractivity (Wildman–Crippen MR) is 97.3 cm³/mol. The third-order valence-corrected chi connectivity index (χ3v) is 11.1. The number of nitrogens with one attached hydrogen (secondary N) is 1. The van der Waals surface area contributed by atoms with Gasteiger partial charge in [0.15, 0.2) is 16.6 Å². The topological polar surface area (TPSA) is 47.6 Å². The van der Waals surface area contributed by atoms with Gasteiger partial charge in [-0.05, 0) is 59.2 Å². The van der Waals surface area contributed by atoms with Crippen molar-refractivity contribution >= 4 is 31.3 Å². The highest BCUT2D eigenvalue weighted by Crippen LogP contribution is 2.19. The van der Waals surface area contributed by atoms with Crippen LogP contribution in [0.25, 0.3) is 0 Å². The second kappa shape index (κ2) is 7.87. The largest absolute Gasteiger partial charge is 0.435 e. The first-order chi connectivity index (χ1) is 9.28. The van der Waals surface area contributed by atoms with Crippen LogP contribution in [-0.4, -0.2) is 31.3 Å². The Morgan fingerprint density at radius 1 is 1.00 bits per heavy atom. The molecule has 0 rings (SSSR count). The van der Waals surface area contributed by atoms with Crippen molar-refractivity contribution < 1.29 is 13.0 Å². The number of rotatable bonds is 8. The molecule has 0 fully saturated rings. The standard InChI is InChI=1S/C14H33NO3Si3/c1-10-11-12-13(2)14(16)15-21(9,17-19(3,4)5)18-20(6,7)8/h12H,10-11H2,1-9H3,(H,15,16). The SMILES string of the molecule is CCCC=C(C)C(=O)N[Si](C)(O[Si](C)(C)C)O[Si](C)(C)C. The third-order valence-electron chi connectivity index (χ3n) is 2.44. The van der Waals surface area contributed by atoms with Crippen molar-refractivity contribution in [1.82, 2.24) is 4.98 Å². The highest BCUT2D eigenvalue weighted by atomic mass is 28.5. The highest BCUT2D eigenvalue weighted by Gasteiger charge is 2.42. The second-order valence-electron chi connectivity index (χ2n) is 7.50. The Hall–Kier alpha value is -0.219. The molecule has 0 atom stereocenters. The van der Waals surface area contributed by atoms with E-state index >= 15 is 0 Å². The van der Waals surface area contributed by atoms with E-state index < -0.39 is 25.4 Å². The van der Waals surface area contributed by atoms with Crippen molar-refractivity contribution in [2.75, 3.05) is 0 Å². The first kappa shape index (κ1) is 20.8. The maximum Gasteiger partial charge on any atom is 0.435 e. The van der Waals surface area contributed by atoms with Gasteiger partial charge >= 0.3 is 8.72 Å². The van der Waals surface area contributed by atoms with E-state index in [9.17, 15) is 4.79 Å². The van der Waals surface area contributed by atoms with Crippen molar-refractivity contribution in [1.29, 1.82) is 0 Å². The molecule has 0 aromatic rings. The summed E-state index contributed by atoms with van der Waals surface area (Å²) >= 11 is 0. The Labute approximate surface area is 133 Å². The molecule has 0 heterocycles. The number of hydrogen-bond acceptors (Lipinski definition) is 3. The van der Waals surface area contributed by atoms with E-state index in [-0.39, 0.29) is 5.91 Å². The number of carbonyl (C=O) groups excluding carboxylic acids is 1. The van der Waals surface area contributed by atoms with Gasteiger partial charge in [0.25, 0.3) is 0 Å². The molecular formula is C14H33NO3Si3. The van der Waals surface area contributed by atoms with Gasteiger partial charge in [-0.2, -0.15) is 0 Å². The van der Waals surface area contributed by atoms with Crippen molar-refractivity contribution in [3.05, 3.63) is 11.6 Å². The van der Waals surface area contributed by atoms with Gasteiger partial charge in [-0.3, -0.25) is 4.79 Å². The van der Waals surface area contributed by atoms with Crippen molar-refractivity contribution in [2.45, 2.75) is 72.5 Å². The van der Waals surface area contributed by atoms with Gasteiger partial charge in [-0.15, -0.1) is 0 Å². The first-order valence-electron chi connectivity index (χ1n) is 7.67. The molecule has 0 saturated carbocycles. The maximum atomic E-state index is 12.4. The molecule has 0 saturated heterocycles. The molecule has 21 heavy (non-hydrogen) atoms. The first-order valence-corrected chi connectivity index (χ1v) is 16.8. The van der Waals surface area contributed by atoms with E-state index in [0.717, 1.165) is 18.4 Å². The van der Waals surface area contributed by atoms with Gasteiger partial charge in [0.05, 0.1) is 0 Å². The monoisotopic (exact) mass is 347 g/mol. The molecule has 0 aromatic carbocycles. The minimum Gasteiger partial charge on any atom is -0.421 e. The third kappa shape index (κ3) is 10.2. The summed E-state index contributed by atoms with van der Waals surface area (Å²) in [4.78, 5) is 15.4. The Morgan fingerprint density at radius 3 is 1.76 bits per heavy atom. The second-order valence-corrected chi connectivity index (χ2v) is 19.7. The van der Waals surface area contributed by atoms with Crippen LogP contribution in [0, 0.1) is 0 Å². The fraction of sp³-hybridized carbons (Fsp3) is 0.786. The van der Waals surface area contributed by atoms with Crippen LogP contribution in [0.3, 0.4) is 0 Å². The van der Waals surface area contributed by atoms with Crippen LogP contribution >= 0.6 is 0 Å². The smallest absolute Gasteiger partial charge is 0.421 e. The minimum absolute atomic E-state index is 0.0610. The summed E-state index contributed by atoms with van der Waals surface area (Å²) < 4.78 is 12.5. The predicted octanol–water partition coefficient (Wildman–Crippen LogP) is 4.12. The summed E-state index contributed by atoms with van der Waals surface area (Å²) in [7, 11) is -6.29. The zero-order valence-corrected chi connectivity index (χ0v) is 18.2. The molecule has 0 aliphatic carbocycles. The molecule has 4 nitrogen and oxygen atoms in total. The minimum atomic E-state index is -2.70. The molecular weight excluding hydrogens is 314 g/mol. The van der Waals surface area contributed by atoms with Crippen molar-refractivity contribution in [3.8, 4) is 0 Å². The number of unbranched alkanes of at least 4 members (excludes halogenated alkanes) is 1. The zero-order chi connectivity index (χ0) is 16.9. The summed E-state index contributed by atoms with van der Waals surface area (Å²) in [6.07, 6.45) is 3.94. The fourth-order valence-electron chi connectivity index (χ4n) is 2.00. The number of amides is 1. The van der Waals surface area contributed by atoms with E-state index in [4.69, 9.17) is 8.23 Å². The van der Waals surface area contributed by atoms with Crippen LogP contribution in [0.5, 0.6) is 0 Å². The van der Waals surface area contributed by atoms with Crippen LogP contribution in [0.2, 0.25) is 45.8 Å². The number of allylic oxidation sites excluding steroid dienone is 1. The van der Waals surface area contributed by atoms with Gasteiger partial charge in [0, 0.05) is 5.57 Å². The summed E-state index contributed by atoms with van der Waals surface area (Å²) in [5.41, 5.74) is 0.744. The normalized spacial score (nSPS) is 14.2. The molecule has 0 radical (unpaired) electrons. The quantitative estimate of drug-likeness (QED) is 0.530. The van der Waals surface area contributed by atoms with Crippen LogP contribution < -0.4 is 4.98 Å². The van der Waals surface area contributed by atoms with E-state index in [1.165, 1.54) is 0 Å². The Kier molecular flexibility index (Phi) is 7.78. The molecule has 0 aromatic heterocycles. The average molecular weight is 348 g/mol. The molecule has 0 unspecified atom stereocenters. The summed E-state index contributed by atoms with van der Waals surface area (Å²) in [5.74, 6) is -0.0610. The lowest BCUT2D eigenvalue weighted by atomic mass is 10.2. The molecule has 124 valence electrons. The Morgan fingerprint density at radius 2 is 1.43 bits per heavy atom. The maximum absolute atomic E-state index is 12.4. The van der Waals surface area contributed by atoms with Crippen LogP contribution in [0.1, 0.15) is 26.7 Å². The van der Waals surface area contributed by atoms with Gasteiger partial charge in [0.2, 0.25) is 5.91 Å². The number of carbonyl (C=O) groups is 1. The lowest BCUT2D eigenvalue weighted by Gasteiger charge is -2.38. The van der Waals surface area contributed by atoms with E-state index in [1.54, 1.807) is 0 Å². The van der Waals surface area contributed by atoms with E-state index in [2.05, 4.69) is 51.2 Å². The summed E-state index contributed by atoms with van der Waals surface area (Å²) in [5, 5.41) is 0. The average Bonchev–Trinajstić information content (AvgIpc) is 2.19. The summed E-state index contributed by atoms with van der Waals surface area (Å²) in [6, 6.07) is 0. The lowest BCUT2D eigenvalue weighted by molar-refractivity contribution is -0.116. The van der Waals surface area contributed by atoms with Crippen LogP contribution in [0.4, 0.5) is 0 Å². The summed E-state index contributed by atoms with van der Waals surface area (Å²) in [6.45, 7) is 18.6. The van der Waals surface area contributed by atoms with Crippen molar-refractivity contribution in [3.63, 3.8) is 0 Å². The molecule has 7 heteroatoms. The highest BCUT2D eigenvalue weighted by molar-refractivity contribution is 6.87. The zero-order valence-electron chi connectivity index (χ0n) is 15.2. The Balaban J connectivity index is 5.11. The molecule has 1 N–H and O–H groups in total. The molecule has 0 aliphatic heterocycles. The molecule has 0 aliphatic rings.